The fourth-order valence-corrected chi connectivity index (χ4v) is 3.31. The Bertz CT molecular complexity index is 696. The van der Waals surface area contributed by atoms with Crippen molar-refractivity contribution in [3.8, 4) is 0 Å². The summed E-state index contributed by atoms with van der Waals surface area (Å²) in [6, 6.07) is 7.68. The van der Waals surface area contributed by atoms with Crippen molar-refractivity contribution >= 4 is 28.3 Å². The summed E-state index contributed by atoms with van der Waals surface area (Å²) in [6.45, 7) is 6.04. The normalized spacial score (nSPS) is 18.0. The van der Waals surface area contributed by atoms with Gasteiger partial charge in [-0.25, -0.2) is 4.98 Å². The van der Waals surface area contributed by atoms with Crippen molar-refractivity contribution in [2.45, 2.75) is 26.7 Å². The molecule has 0 bridgehead atoms. The third-order valence-corrected chi connectivity index (χ3v) is 4.47. The summed E-state index contributed by atoms with van der Waals surface area (Å²) in [4.78, 5) is 19.0. The van der Waals surface area contributed by atoms with Gasteiger partial charge >= 0.3 is 0 Å². The first kappa shape index (κ1) is 14.3. The molecular weight excluding hydrogens is 284 g/mol. The van der Waals surface area contributed by atoms with E-state index in [4.69, 9.17) is 11.6 Å². The van der Waals surface area contributed by atoms with Crippen molar-refractivity contribution < 1.29 is 4.79 Å². The number of aromatic nitrogens is 1. The average Bonchev–Trinajstić information content (AvgIpc) is 2.46. The highest BCUT2D eigenvalue weighted by molar-refractivity contribution is 6.34. The van der Waals surface area contributed by atoms with Crippen LogP contribution in [0.5, 0.6) is 0 Å². The minimum Gasteiger partial charge on any atom is -0.338 e. The van der Waals surface area contributed by atoms with Crippen LogP contribution in [0.1, 0.15) is 37.0 Å². The average molecular weight is 303 g/mol. The second-order valence-electron chi connectivity index (χ2n) is 6.50. The Balaban J connectivity index is 2.01. The summed E-state index contributed by atoms with van der Waals surface area (Å²) in [5.74, 6) is 0.0585. The highest BCUT2D eigenvalue weighted by Crippen LogP contribution is 2.31. The van der Waals surface area contributed by atoms with Gasteiger partial charge in [0, 0.05) is 24.7 Å². The van der Waals surface area contributed by atoms with Crippen molar-refractivity contribution in [3.05, 3.63) is 41.2 Å². The summed E-state index contributed by atoms with van der Waals surface area (Å²) in [6.07, 6.45) is 3.82. The van der Waals surface area contributed by atoms with Crippen LogP contribution in [0, 0.1) is 5.41 Å². The van der Waals surface area contributed by atoms with Crippen molar-refractivity contribution in [3.63, 3.8) is 0 Å². The van der Waals surface area contributed by atoms with Crippen LogP contribution in [0.15, 0.2) is 30.5 Å². The fraction of sp³-hybridized carbons (Fsp3) is 0.412. The van der Waals surface area contributed by atoms with Crippen LogP contribution in [0.4, 0.5) is 0 Å². The number of fused-ring (bicyclic) bond motifs is 1. The molecule has 1 fully saturated rings. The number of likely N-dealkylation sites (tertiary alicyclic amines) is 1. The number of hydrogen-bond donors (Lipinski definition) is 0. The molecular formula is C17H19ClN2O. The highest BCUT2D eigenvalue weighted by Gasteiger charge is 2.30. The Morgan fingerprint density at radius 3 is 2.71 bits per heavy atom. The first-order valence-corrected chi connectivity index (χ1v) is 7.68. The molecule has 2 heterocycles. The Morgan fingerprint density at radius 2 is 2.00 bits per heavy atom. The number of nitrogens with zero attached hydrogens (tertiary/aromatic N) is 2. The minimum atomic E-state index is 0.0585. The van der Waals surface area contributed by atoms with Crippen LogP contribution in [-0.2, 0) is 0 Å². The molecule has 0 aliphatic carbocycles. The molecule has 1 amide bonds. The SMILES string of the molecule is CC1(C)CCCN(C(=O)c2cnc(Cl)c3ccccc23)C1. The van der Waals surface area contributed by atoms with Gasteiger partial charge in [-0.3, -0.25) is 4.79 Å². The molecule has 0 spiro atoms. The van der Waals surface area contributed by atoms with Gasteiger partial charge in [-0.2, -0.15) is 0 Å². The van der Waals surface area contributed by atoms with Gasteiger partial charge in [0.1, 0.15) is 5.15 Å². The van der Waals surface area contributed by atoms with E-state index < -0.39 is 0 Å². The van der Waals surface area contributed by atoms with Crippen molar-refractivity contribution in [2.24, 2.45) is 5.41 Å². The van der Waals surface area contributed by atoms with Crippen molar-refractivity contribution in [2.75, 3.05) is 13.1 Å². The lowest BCUT2D eigenvalue weighted by Crippen LogP contribution is -2.43. The van der Waals surface area contributed by atoms with Crippen LogP contribution >= 0.6 is 11.6 Å². The number of carbonyl (C=O) groups excluding carboxylic acids is 1. The Morgan fingerprint density at radius 1 is 1.29 bits per heavy atom. The monoisotopic (exact) mass is 302 g/mol. The lowest BCUT2D eigenvalue weighted by molar-refractivity contribution is 0.0585. The maximum atomic E-state index is 12.9. The number of pyridine rings is 1. The fourth-order valence-electron chi connectivity index (χ4n) is 3.10. The number of halogens is 1. The number of piperidine rings is 1. The standard InChI is InChI=1S/C17H19ClN2O/c1-17(2)8-5-9-20(11-17)16(21)14-10-19-15(18)13-7-4-3-6-12(13)14/h3-4,6-7,10H,5,8-9,11H2,1-2H3. The number of benzene rings is 1. The summed E-state index contributed by atoms with van der Waals surface area (Å²) < 4.78 is 0. The molecule has 0 atom stereocenters. The van der Waals surface area contributed by atoms with Gasteiger partial charge in [0.2, 0.25) is 0 Å². The molecule has 21 heavy (non-hydrogen) atoms. The van der Waals surface area contributed by atoms with Crippen LogP contribution < -0.4 is 0 Å². The lowest BCUT2D eigenvalue weighted by atomic mass is 9.84. The van der Waals surface area contributed by atoms with Crippen molar-refractivity contribution in [1.82, 2.24) is 9.88 Å². The summed E-state index contributed by atoms with van der Waals surface area (Å²) in [5.41, 5.74) is 0.830. The van der Waals surface area contributed by atoms with Gasteiger partial charge in [-0.05, 0) is 23.6 Å². The molecule has 1 aliphatic rings. The molecule has 1 aromatic heterocycles. The van der Waals surface area contributed by atoms with E-state index in [9.17, 15) is 4.79 Å². The first-order valence-electron chi connectivity index (χ1n) is 7.30. The lowest BCUT2D eigenvalue weighted by Gasteiger charge is -2.38. The predicted molar refractivity (Wildman–Crippen MR) is 85.7 cm³/mol. The molecule has 0 radical (unpaired) electrons. The number of carbonyl (C=O) groups is 1. The van der Waals surface area contributed by atoms with Gasteiger partial charge in [0.05, 0.1) is 5.56 Å². The molecule has 110 valence electrons. The first-order chi connectivity index (χ1) is 9.98. The third kappa shape index (κ3) is 2.75. The zero-order valence-electron chi connectivity index (χ0n) is 12.4. The zero-order valence-corrected chi connectivity index (χ0v) is 13.2. The largest absolute Gasteiger partial charge is 0.338 e. The molecule has 1 saturated heterocycles. The highest BCUT2D eigenvalue weighted by atomic mass is 35.5. The topological polar surface area (TPSA) is 33.2 Å². The number of hydrogen-bond acceptors (Lipinski definition) is 2. The van der Waals surface area contributed by atoms with Crippen LogP contribution in [0.3, 0.4) is 0 Å². The summed E-state index contributed by atoms with van der Waals surface area (Å²) in [7, 11) is 0. The van der Waals surface area contributed by atoms with E-state index in [0.717, 1.165) is 36.7 Å². The van der Waals surface area contributed by atoms with E-state index in [1.807, 2.05) is 29.2 Å². The van der Waals surface area contributed by atoms with E-state index in [0.29, 0.717) is 10.7 Å². The second kappa shape index (κ2) is 5.30. The van der Waals surface area contributed by atoms with E-state index in [-0.39, 0.29) is 11.3 Å². The maximum absolute atomic E-state index is 12.9. The summed E-state index contributed by atoms with van der Waals surface area (Å²) in [5, 5.41) is 2.16. The zero-order chi connectivity index (χ0) is 15.0. The van der Waals surface area contributed by atoms with Gasteiger partial charge < -0.3 is 4.90 Å². The molecule has 1 aromatic carbocycles. The van der Waals surface area contributed by atoms with Crippen LogP contribution in [0.2, 0.25) is 5.15 Å². The molecule has 2 aromatic rings. The molecule has 3 rings (SSSR count). The molecule has 0 N–H and O–H groups in total. The van der Waals surface area contributed by atoms with E-state index in [2.05, 4.69) is 18.8 Å². The smallest absolute Gasteiger partial charge is 0.256 e. The Kier molecular flexibility index (Phi) is 3.62. The van der Waals surface area contributed by atoms with Crippen LogP contribution in [0.25, 0.3) is 10.8 Å². The van der Waals surface area contributed by atoms with Gasteiger partial charge in [-0.15, -0.1) is 0 Å². The molecule has 4 heteroatoms. The van der Waals surface area contributed by atoms with Crippen molar-refractivity contribution in [1.29, 1.82) is 0 Å². The number of rotatable bonds is 1. The molecule has 1 aliphatic heterocycles. The van der Waals surface area contributed by atoms with E-state index in [1.54, 1.807) is 6.20 Å². The predicted octanol–water partition coefficient (Wildman–Crippen LogP) is 4.15. The minimum absolute atomic E-state index is 0.0585. The maximum Gasteiger partial charge on any atom is 0.256 e. The summed E-state index contributed by atoms with van der Waals surface area (Å²) >= 11 is 6.13. The van der Waals surface area contributed by atoms with Gasteiger partial charge in [0.25, 0.3) is 5.91 Å². The van der Waals surface area contributed by atoms with E-state index >= 15 is 0 Å². The van der Waals surface area contributed by atoms with Gasteiger partial charge in [-0.1, -0.05) is 49.7 Å². The third-order valence-electron chi connectivity index (χ3n) is 4.16. The Hall–Kier alpha value is -1.61. The second-order valence-corrected chi connectivity index (χ2v) is 6.86. The quantitative estimate of drug-likeness (QED) is 0.741. The Labute approximate surface area is 129 Å². The number of amides is 1. The van der Waals surface area contributed by atoms with Gasteiger partial charge in [0.15, 0.2) is 0 Å². The molecule has 3 nitrogen and oxygen atoms in total. The molecule has 0 unspecified atom stereocenters. The van der Waals surface area contributed by atoms with E-state index in [1.165, 1.54) is 0 Å². The van der Waals surface area contributed by atoms with Crippen LogP contribution in [-0.4, -0.2) is 28.9 Å². The molecule has 0 saturated carbocycles.